The molecule has 5 heteroatoms. The number of carbonyl (C=O) groups is 2. The van der Waals surface area contributed by atoms with Crippen molar-refractivity contribution in [2.75, 3.05) is 7.11 Å². The normalized spacial score (nSPS) is 12.0. The highest BCUT2D eigenvalue weighted by Gasteiger charge is 2.16. The molecule has 17 heavy (non-hydrogen) atoms. The Balaban J connectivity index is 3.23. The van der Waals surface area contributed by atoms with Crippen LogP contribution in [0.2, 0.25) is 0 Å². The summed E-state index contributed by atoms with van der Waals surface area (Å²) in [6.45, 7) is 1.75. The van der Waals surface area contributed by atoms with Crippen LogP contribution in [0.25, 0.3) is 0 Å². The highest BCUT2D eigenvalue weighted by atomic mass is 79.9. The summed E-state index contributed by atoms with van der Waals surface area (Å²) in [5.41, 5.74) is 1.76. The number of carbonyl (C=O) groups excluding carboxylic acids is 2. The van der Waals surface area contributed by atoms with E-state index in [1.54, 1.807) is 25.1 Å². The van der Waals surface area contributed by atoms with Crippen molar-refractivity contribution in [2.45, 2.75) is 17.1 Å². The zero-order valence-electron chi connectivity index (χ0n) is 9.50. The number of rotatable bonds is 4. The first-order valence-electron chi connectivity index (χ1n) is 4.96. The van der Waals surface area contributed by atoms with Crippen molar-refractivity contribution in [2.24, 2.45) is 0 Å². The first-order chi connectivity index (χ1) is 7.99. The lowest BCUT2D eigenvalue weighted by Gasteiger charge is -2.08. The van der Waals surface area contributed by atoms with Gasteiger partial charge in [0.05, 0.1) is 17.5 Å². The molecule has 0 N–H and O–H groups in total. The van der Waals surface area contributed by atoms with Crippen LogP contribution < -0.4 is 0 Å². The van der Waals surface area contributed by atoms with Crippen LogP contribution in [0.15, 0.2) is 18.2 Å². The molecular formula is C12H12Br2O3. The third kappa shape index (κ3) is 3.64. The number of methoxy groups -OCH3 is 1. The molecule has 0 bridgehead atoms. The van der Waals surface area contributed by atoms with Crippen molar-refractivity contribution in [3.05, 3.63) is 34.9 Å². The second kappa shape index (κ2) is 6.31. The van der Waals surface area contributed by atoms with Crippen molar-refractivity contribution in [1.82, 2.24) is 0 Å². The van der Waals surface area contributed by atoms with Gasteiger partial charge in [0.1, 0.15) is 0 Å². The summed E-state index contributed by atoms with van der Waals surface area (Å²) in [6.07, 6.45) is 0. The number of hydrogen-bond donors (Lipinski definition) is 0. The standard InChI is InChI=1S/C12H12Br2O3/c1-7(14)11(15)9-3-8(6-13)4-10(5-9)12(16)17-2/h3-5,7H,6H2,1-2H3. The van der Waals surface area contributed by atoms with Crippen molar-refractivity contribution in [3.8, 4) is 0 Å². The summed E-state index contributed by atoms with van der Waals surface area (Å²) >= 11 is 6.53. The quantitative estimate of drug-likeness (QED) is 0.468. The molecule has 1 aromatic rings. The zero-order chi connectivity index (χ0) is 13.0. The molecule has 1 atom stereocenters. The smallest absolute Gasteiger partial charge is 0.337 e. The Morgan fingerprint density at radius 2 is 1.88 bits per heavy atom. The molecule has 0 radical (unpaired) electrons. The predicted molar refractivity (Wildman–Crippen MR) is 73.1 cm³/mol. The van der Waals surface area contributed by atoms with Crippen LogP contribution in [0.3, 0.4) is 0 Å². The van der Waals surface area contributed by atoms with Gasteiger partial charge in [-0.3, -0.25) is 4.79 Å². The molecule has 0 aliphatic heterocycles. The molecule has 1 unspecified atom stereocenters. The van der Waals surface area contributed by atoms with Crippen LogP contribution in [0.5, 0.6) is 0 Å². The van der Waals surface area contributed by atoms with E-state index in [2.05, 4.69) is 36.6 Å². The minimum absolute atomic E-state index is 0.0575. The van der Waals surface area contributed by atoms with Gasteiger partial charge in [0, 0.05) is 10.9 Å². The minimum Gasteiger partial charge on any atom is -0.465 e. The lowest BCUT2D eigenvalue weighted by Crippen LogP contribution is -2.12. The van der Waals surface area contributed by atoms with Crippen molar-refractivity contribution >= 4 is 43.6 Å². The summed E-state index contributed by atoms with van der Waals surface area (Å²) in [7, 11) is 1.32. The monoisotopic (exact) mass is 362 g/mol. The number of esters is 1. The van der Waals surface area contributed by atoms with Crippen molar-refractivity contribution in [1.29, 1.82) is 0 Å². The van der Waals surface area contributed by atoms with E-state index in [0.717, 1.165) is 5.56 Å². The Kier molecular flexibility index (Phi) is 5.33. The van der Waals surface area contributed by atoms with E-state index < -0.39 is 5.97 Å². The van der Waals surface area contributed by atoms with Crippen LogP contribution in [0.1, 0.15) is 33.2 Å². The Bertz CT molecular complexity index is 441. The summed E-state index contributed by atoms with van der Waals surface area (Å²) in [5.74, 6) is -0.498. The summed E-state index contributed by atoms with van der Waals surface area (Å²) in [6, 6.07) is 5.02. The molecule has 1 rings (SSSR count). The Morgan fingerprint density at radius 1 is 1.29 bits per heavy atom. The van der Waals surface area contributed by atoms with E-state index in [9.17, 15) is 9.59 Å². The topological polar surface area (TPSA) is 43.4 Å². The highest BCUT2D eigenvalue weighted by molar-refractivity contribution is 9.10. The van der Waals surface area contributed by atoms with E-state index >= 15 is 0 Å². The third-order valence-electron chi connectivity index (χ3n) is 2.21. The molecule has 0 amide bonds. The average Bonchev–Trinajstić information content (AvgIpc) is 2.35. The first-order valence-corrected chi connectivity index (χ1v) is 6.99. The molecule has 0 saturated carbocycles. The molecule has 0 heterocycles. The molecule has 0 spiro atoms. The van der Waals surface area contributed by atoms with E-state index in [0.29, 0.717) is 16.5 Å². The Morgan fingerprint density at radius 3 is 2.35 bits per heavy atom. The number of hydrogen-bond acceptors (Lipinski definition) is 3. The largest absolute Gasteiger partial charge is 0.465 e. The maximum atomic E-state index is 11.9. The average molecular weight is 364 g/mol. The number of Topliss-reactive ketones (excluding diaryl/α,β-unsaturated/α-hetero) is 1. The van der Waals surface area contributed by atoms with Crippen LogP contribution in [-0.2, 0) is 10.1 Å². The van der Waals surface area contributed by atoms with Crippen molar-refractivity contribution in [3.63, 3.8) is 0 Å². The summed E-state index contributed by atoms with van der Waals surface area (Å²) in [5, 5.41) is 0.578. The number of benzene rings is 1. The highest BCUT2D eigenvalue weighted by Crippen LogP contribution is 2.17. The Hall–Kier alpha value is -0.680. The maximum Gasteiger partial charge on any atom is 0.337 e. The van der Waals surface area contributed by atoms with Crippen molar-refractivity contribution < 1.29 is 14.3 Å². The van der Waals surface area contributed by atoms with Gasteiger partial charge in [0.25, 0.3) is 0 Å². The number of ether oxygens (including phenoxy) is 1. The van der Waals surface area contributed by atoms with E-state index in [-0.39, 0.29) is 10.6 Å². The summed E-state index contributed by atoms with van der Waals surface area (Å²) in [4.78, 5) is 23.0. The van der Waals surface area contributed by atoms with Gasteiger partial charge in [-0.1, -0.05) is 31.9 Å². The fraction of sp³-hybridized carbons (Fsp3) is 0.333. The first kappa shape index (κ1) is 14.4. The zero-order valence-corrected chi connectivity index (χ0v) is 12.7. The van der Waals surface area contributed by atoms with Gasteiger partial charge in [-0.05, 0) is 30.7 Å². The number of halogens is 2. The van der Waals surface area contributed by atoms with E-state index in [1.807, 2.05) is 0 Å². The molecule has 0 aliphatic rings. The molecular weight excluding hydrogens is 352 g/mol. The van der Waals surface area contributed by atoms with E-state index in [1.165, 1.54) is 7.11 Å². The second-order valence-corrected chi connectivity index (χ2v) is 5.46. The van der Waals surface area contributed by atoms with E-state index in [4.69, 9.17) is 0 Å². The van der Waals surface area contributed by atoms with Gasteiger partial charge in [0.15, 0.2) is 5.78 Å². The lowest BCUT2D eigenvalue weighted by atomic mass is 10.0. The fourth-order valence-corrected chi connectivity index (χ4v) is 1.96. The van der Waals surface area contributed by atoms with Crippen LogP contribution in [0, 0.1) is 0 Å². The number of alkyl halides is 2. The molecule has 0 aromatic heterocycles. The molecule has 0 aliphatic carbocycles. The molecule has 0 saturated heterocycles. The molecule has 92 valence electrons. The molecule has 0 fully saturated rings. The maximum absolute atomic E-state index is 11.9. The second-order valence-electron chi connectivity index (χ2n) is 3.52. The number of ketones is 1. The third-order valence-corrected chi connectivity index (χ3v) is 3.28. The van der Waals surface area contributed by atoms with Crippen LogP contribution >= 0.6 is 31.9 Å². The van der Waals surface area contributed by atoms with Gasteiger partial charge in [-0.25, -0.2) is 4.79 Å². The van der Waals surface area contributed by atoms with Gasteiger partial charge < -0.3 is 4.74 Å². The van der Waals surface area contributed by atoms with Crippen LogP contribution in [-0.4, -0.2) is 23.7 Å². The van der Waals surface area contributed by atoms with Gasteiger partial charge in [0.2, 0.25) is 0 Å². The molecule has 1 aromatic carbocycles. The van der Waals surface area contributed by atoms with Crippen LogP contribution in [0.4, 0.5) is 0 Å². The molecule has 3 nitrogen and oxygen atoms in total. The minimum atomic E-state index is -0.441. The lowest BCUT2D eigenvalue weighted by molar-refractivity contribution is 0.0600. The van der Waals surface area contributed by atoms with Gasteiger partial charge in [-0.2, -0.15) is 0 Å². The van der Waals surface area contributed by atoms with Gasteiger partial charge in [-0.15, -0.1) is 0 Å². The van der Waals surface area contributed by atoms with Gasteiger partial charge >= 0.3 is 5.97 Å². The fourth-order valence-electron chi connectivity index (χ4n) is 1.38. The summed E-state index contributed by atoms with van der Waals surface area (Å²) < 4.78 is 4.65. The SMILES string of the molecule is COC(=O)c1cc(CBr)cc(C(=O)C(C)Br)c1. The predicted octanol–water partition coefficient (Wildman–Crippen LogP) is 3.33. The Labute approximate surface area is 117 Å².